The summed E-state index contributed by atoms with van der Waals surface area (Å²) < 4.78 is 32.6. The Morgan fingerprint density at radius 1 is 0.612 bits per heavy atom. The summed E-state index contributed by atoms with van der Waals surface area (Å²) in [5.74, 6) is -0.855. The van der Waals surface area contributed by atoms with Crippen LogP contribution in [0.3, 0.4) is 0 Å². The lowest BCUT2D eigenvalue weighted by Gasteiger charge is -2.19. The molecule has 0 bridgehead atoms. The fraction of sp³-hybridized carbons (Fsp3) is 0.795. The summed E-state index contributed by atoms with van der Waals surface area (Å²) in [6.07, 6.45) is 37.4. The van der Waals surface area contributed by atoms with Gasteiger partial charge in [0.25, 0.3) is 0 Å². The quantitative estimate of drug-likeness (QED) is 0.0281. The Labute approximate surface area is 299 Å². The molecule has 0 spiro atoms. The van der Waals surface area contributed by atoms with E-state index in [1.165, 1.54) is 70.6 Å². The number of allylic oxidation sites excluding steroid dienone is 6. The van der Waals surface area contributed by atoms with E-state index in [1.807, 2.05) is 0 Å². The third-order valence-electron chi connectivity index (χ3n) is 8.03. The maximum Gasteiger partial charge on any atom is 0.472 e. The molecule has 0 aromatic heterocycles. The van der Waals surface area contributed by atoms with Crippen LogP contribution in [0.25, 0.3) is 0 Å². The molecule has 0 rings (SSSR count). The Kier molecular flexibility index (Phi) is 34.7. The molecule has 286 valence electrons. The minimum Gasteiger partial charge on any atom is -0.462 e. The fourth-order valence-corrected chi connectivity index (χ4v) is 5.88. The second-order valence-corrected chi connectivity index (χ2v) is 14.3. The fourth-order valence-electron chi connectivity index (χ4n) is 5.11. The summed E-state index contributed by atoms with van der Waals surface area (Å²) in [6.45, 7) is 3.66. The lowest BCUT2D eigenvalue weighted by atomic mass is 10.1. The van der Waals surface area contributed by atoms with Crippen molar-refractivity contribution in [1.82, 2.24) is 0 Å². The smallest absolute Gasteiger partial charge is 0.462 e. The van der Waals surface area contributed by atoms with E-state index in [0.717, 1.165) is 57.8 Å². The monoisotopic (exact) mass is 713 g/mol. The van der Waals surface area contributed by atoms with Crippen LogP contribution in [0, 0.1) is 0 Å². The van der Waals surface area contributed by atoms with Gasteiger partial charge in [-0.25, -0.2) is 4.57 Å². The Balaban J connectivity index is 4.24. The van der Waals surface area contributed by atoms with Gasteiger partial charge in [-0.05, 0) is 51.4 Å². The first-order valence-corrected chi connectivity index (χ1v) is 21.0. The third-order valence-corrected chi connectivity index (χ3v) is 9.01. The van der Waals surface area contributed by atoms with Gasteiger partial charge in [-0.2, -0.15) is 0 Å². The molecule has 0 saturated carbocycles. The van der Waals surface area contributed by atoms with E-state index >= 15 is 0 Å². The molecule has 0 amide bonds. The molecule has 49 heavy (non-hydrogen) atoms. The van der Waals surface area contributed by atoms with Gasteiger partial charge in [0.2, 0.25) is 0 Å². The molecule has 0 aromatic carbocycles. The highest BCUT2D eigenvalue weighted by molar-refractivity contribution is 7.47. The molecule has 3 N–H and O–H groups in total. The summed E-state index contributed by atoms with van der Waals surface area (Å²) in [7, 11) is -4.37. The highest BCUT2D eigenvalue weighted by atomic mass is 31.2. The van der Waals surface area contributed by atoms with Crippen molar-refractivity contribution in [2.24, 2.45) is 5.73 Å². The highest BCUT2D eigenvalue weighted by Crippen LogP contribution is 2.43. The topological polar surface area (TPSA) is 134 Å². The molecule has 0 aliphatic rings. The van der Waals surface area contributed by atoms with Gasteiger partial charge in [-0.3, -0.25) is 18.6 Å². The van der Waals surface area contributed by atoms with Crippen LogP contribution in [0.15, 0.2) is 36.5 Å². The van der Waals surface area contributed by atoms with Crippen molar-refractivity contribution in [3.8, 4) is 0 Å². The maximum atomic E-state index is 12.5. The first kappa shape index (κ1) is 47.2. The molecule has 2 atom stereocenters. The van der Waals surface area contributed by atoms with E-state index in [1.54, 1.807) is 0 Å². The van der Waals surface area contributed by atoms with E-state index in [0.29, 0.717) is 12.8 Å². The molecular formula is C39H72NO8P. The summed E-state index contributed by atoms with van der Waals surface area (Å²) in [5.41, 5.74) is 5.33. The summed E-state index contributed by atoms with van der Waals surface area (Å²) in [5, 5.41) is 0. The van der Waals surface area contributed by atoms with E-state index in [-0.39, 0.29) is 32.6 Å². The number of carbonyl (C=O) groups excluding carboxylic acids is 2. The molecule has 0 heterocycles. The van der Waals surface area contributed by atoms with Crippen molar-refractivity contribution in [2.45, 2.75) is 174 Å². The van der Waals surface area contributed by atoms with Gasteiger partial charge >= 0.3 is 19.8 Å². The van der Waals surface area contributed by atoms with Crippen LogP contribution in [0.5, 0.6) is 0 Å². The van der Waals surface area contributed by atoms with Gasteiger partial charge in [0, 0.05) is 19.4 Å². The van der Waals surface area contributed by atoms with Gasteiger partial charge < -0.3 is 20.1 Å². The third kappa shape index (κ3) is 35.8. The molecule has 0 saturated heterocycles. The van der Waals surface area contributed by atoms with Crippen LogP contribution in [0.1, 0.15) is 168 Å². The molecule has 1 unspecified atom stereocenters. The average Bonchev–Trinajstić information content (AvgIpc) is 3.08. The zero-order chi connectivity index (χ0) is 36.1. The number of hydrogen-bond acceptors (Lipinski definition) is 8. The van der Waals surface area contributed by atoms with Crippen LogP contribution in [0.4, 0.5) is 0 Å². The number of phosphoric acid groups is 1. The number of unbranched alkanes of at least 4 members (excludes halogenated alkanes) is 17. The van der Waals surface area contributed by atoms with Crippen molar-refractivity contribution < 1.29 is 37.6 Å². The van der Waals surface area contributed by atoms with Crippen molar-refractivity contribution in [2.75, 3.05) is 26.4 Å². The van der Waals surface area contributed by atoms with Crippen molar-refractivity contribution >= 4 is 19.8 Å². The molecule has 0 aliphatic carbocycles. The van der Waals surface area contributed by atoms with Gasteiger partial charge in [0.1, 0.15) is 6.61 Å². The molecule has 0 aromatic rings. The molecule has 0 aliphatic heterocycles. The number of carbonyl (C=O) groups is 2. The lowest BCUT2D eigenvalue weighted by Crippen LogP contribution is -2.29. The number of hydrogen-bond donors (Lipinski definition) is 2. The SMILES string of the molecule is CCCCCC=CCC=CCC=CCCCCCCC(=O)OC[C@H](COP(=O)(O)OCCN)OC(=O)CCCCCCCCCCCCC. The predicted molar refractivity (Wildman–Crippen MR) is 201 cm³/mol. The minimum absolute atomic E-state index is 0.0504. The number of phosphoric ester groups is 1. The zero-order valence-electron chi connectivity index (χ0n) is 31.2. The normalized spacial score (nSPS) is 13.8. The molecule has 0 radical (unpaired) electrons. The van der Waals surface area contributed by atoms with Gasteiger partial charge in [0.15, 0.2) is 6.10 Å². The Morgan fingerprint density at radius 3 is 1.61 bits per heavy atom. The van der Waals surface area contributed by atoms with Crippen LogP contribution in [-0.4, -0.2) is 49.3 Å². The van der Waals surface area contributed by atoms with E-state index in [4.69, 9.17) is 24.3 Å². The van der Waals surface area contributed by atoms with Crippen molar-refractivity contribution in [3.63, 3.8) is 0 Å². The lowest BCUT2D eigenvalue weighted by molar-refractivity contribution is -0.161. The molecule has 9 nitrogen and oxygen atoms in total. The zero-order valence-corrected chi connectivity index (χ0v) is 32.1. The van der Waals surface area contributed by atoms with Crippen LogP contribution < -0.4 is 5.73 Å². The number of ether oxygens (including phenoxy) is 2. The molecular weight excluding hydrogens is 641 g/mol. The van der Waals surface area contributed by atoms with Crippen molar-refractivity contribution in [3.05, 3.63) is 36.5 Å². The highest BCUT2D eigenvalue weighted by Gasteiger charge is 2.25. The minimum atomic E-state index is -4.37. The number of nitrogens with two attached hydrogens (primary N) is 1. The van der Waals surface area contributed by atoms with Crippen LogP contribution in [0.2, 0.25) is 0 Å². The number of esters is 2. The maximum absolute atomic E-state index is 12.5. The average molecular weight is 714 g/mol. The standard InChI is InChI=1S/C39H72NO8P/c1-3-5-7-9-11-13-15-16-17-18-19-20-22-23-25-27-29-31-38(41)45-35-37(36-47-49(43,44)46-34-33-40)48-39(42)32-30-28-26-24-21-14-12-10-8-6-4-2/h11,13,16-17,19-20,37H,3-10,12,14-15,18,21-36,40H2,1-2H3,(H,43,44)/t37-/m1/s1. The summed E-state index contributed by atoms with van der Waals surface area (Å²) >= 11 is 0. The van der Waals surface area contributed by atoms with E-state index in [2.05, 4.69) is 50.3 Å². The Hall–Kier alpha value is -1.77. The van der Waals surface area contributed by atoms with Gasteiger partial charge in [-0.1, -0.05) is 140 Å². The van der Waals surface area contributed by atoms with E-state index < -0.39 is 32.5 Å². The summed E-state index contributed by atoms with van der Waals surface area (Å²) in [4.78, 5) is 34.7. The first-order chi connectivity index (χ1) is 23.8. The Bertz CT molecular complexity index is 907. The van der Waals surface area contributed by atoms with Gasteiger partial charge in [0.05, 0.1) is 13.2 Å². The van der Waals surface area contributed by atoms with E-state index in [9.17, 15) is 19.0 Å². The Morgan fingerprint density at radius 2 is 1.06 bits per heavy atom. The molecule has 10 heteroatoms. The van der Waals surface area contributed by atoms with Crippen molar-refractivity contribution in [1.29, 1.82) is 0 Å². The molecule has 0 fully saturated rings. The largest absolute Gasteiger partial charge is 0.472 e. The summed E-state index contributed by atoms with van der Waals surface area (Å²) in [6, 6.07) is 0. The number of rotatable bonds is 36. The second-order valence-electron chi connectivity index (χ2n) is 12.8. The van der Waals surface area contributed by atoms with Crippen LogP contribution in [-0.2, 0) is 32.7 Å². The second kappa shape index (κ2) is 36.0. The first-order valence-electron chi connectivity index (χ1n) is 19.5. The van der Waals surface area contributed by atoms with Gasteiger partial charge in [-0.15, -0.1) is 0 Å². The van der Waals surface area contributed by atoms with Crippen LogP contribution >= 0.6 is 7.82 Å². The predicted octanol–water partition coefficient (Wildman–Crippen LogP) is 10.6.